The number of carbonyl (C=O) groups is 1. The Hall–Kier alpha value is -0.720. The molecule has 1 heterocycles. The lowest BCUT2D eigenvalue weighted by Crippen LogP contribution is -2.19. The molecule has 0 unspecified atom stereocenters. The zero-order valence-corrected chi connectivity index (χ0v) is 10.1. The predicted octanol–water partition coefficient (Wildman–Crippen LogP) is 1.43. The number of hydrogen-bond donors (Lipinski definition) is 1. The fourth-order valence-electron chi connectivity index (χ4n) is 0.775. The van der Waals surface area contributed by atoms with Gasteiger partial charge in [-0.2, -0.15) is 0 Å². The van der Waals surface area contributed by atoms with Gasteiger partial charge in [0.25, 0.3) is 5.91 Å². The van der Waals surface area contributed by atoms with Crippen LogP contribution in [-0.4, -0.2) is 35.0 Å². The van der Waals surface area contributed by atoms with Crippen molar-refractivity contribution in [3.05, 3.63) is 17.0 Å². The van der Waals surface area contributed by atoms with Crippen LogP contribution in [0.3, 0.4) is 0 Å². The molecule has 82 valence electrons. The summed E-state index contributed by atoms with van der Waals surface area (Å²) in [7, 11) is 0. The predicted molar refractivity (Wildman–Crippen MR) is 59.9 cm³/mol. The highest BCUT2D eigenvalue weighted by Gasteiger charge is 2.03. The smallest absolute Gasteiger partial charge is 0.251 e. The topological polar surface area (TPSA) is 64.1 Å². The maximum absolute atomic E-state index is 11.2. The van der Waals surface area contributed by atoms with E-state index in [-0.39, 0.29) is 12.5 Å². The van der Waals surface area contributed by atoms with E-state index in [1.54, 1.807) is 0 Å². The van der Waals surface area contributed by atoms with Crippen LogP contribution >= 0.6 is 27.5 Å². The van der Waals surface area contributed by atoms with E-state index >= 15 is 0 Å². The summed E-state index contributed by atoms with van der Waals surface area (Å²) in [6, 6.07) is 0. The Morgan fingerprint density at radius 1 is 1.53 bits per heavy atom. The second kappa shape index (κ2) is 6.71. The lowest BCUT2D eigenvalue weighted by atomic mass is 10.6. The summed E-state index contributed by atoms with van der Waals surface area (Å²) in [5.41, 5.74) is 0. The average molecular weight is 295 g/mol. The van der Waals surface area contributed by atoms with Crippen molar-refractivity contribution >= 4 is 39.3 Å². The van der Waals surface area contributed by atoms with Gasteiger partial charge >= 0.3 is 0 Å². The van der Waals surface area contributed by atoms with Crippen molar-refractivity contribution in [1.29, 1.82) is 0 Å². The third kappa shape index (κ3) is 5.06. The molecule has 0 bridgehead atoms. The molecule has 0 saturated heterocycles. The van der Waals surface area contributed by atoms with E-state index < -0.39 is 0 Å². The van der Waals surface area contributed by atoms with Crippen LogP contribution < -0.4 is 5.32 Å². The maximum atomic E-state index is 11.2. The molecule has 7 heteroatoms. The van der Waals surface area contributed by atoms with E-state index in [4.69, 9.17) is 16.3 Å². The van der Waals surface area contributed by atoms with Crippen LogP contribution in [0.15, 0.2) is 17.0 Å². The number of nitrogens with zero attached hydrogens (tertiary/aromatic N) is 2. The normalized spacial score (nSPS) is 10.0. The van der Waals surface area contributed by atoms with Gasteiger partial charge in [0.1, 0.15) is 11.2 Å². The Kier molecular flexibility index (Phi) is 5.52. The highest BCUT2D eigenvalue weighted by molar-refractivity contribution is 9.10. The molecule has 0 aliphatic carbocycles. The first-order valence-electron chi connectivity index (χ1n) is 4.13. The van der Waals surface area contributed by atoms with E-state index in [0.29, 0.717) is 22.9 Å². The molecule has 1 aromatic rings. The van der Waals surface area contributed by atoms with E-state index in [9.17, 15) is 4.79 Å². The molecule has 1 amide bonds. The fraction of sp³-hybridized carbons (Fsp3) is 0.375. The van der Waals surface area contributed by atoms with E-state index in [0.717, 1.165) is 0 Å². The molecule has 0 aliphatic heterocycles. The molecule has 1 rings (SSSR count). The van der Waals surface area contributed by atoms with Crippen molar-refractivity contribution in [1.82, 2.24) is 9.97 Å². The van der Waals surface area contributed by atoms with Crippen LogP contribution in [0.2, 0.25) is 0 Å². The molecule has 0 saturated carbocycles. The highest BCUT2D eigenvalue weighted by atomic mass is 79.9. The van der Waals surface area contributed by atoms with Crippen molar-refractivity contribution in [2.75, 3.05) is 24.4 Å². The van der Waals surface area contributed by atoms with Gasteiger partial charge in [0.2, 0.25) is 0 Å². The Bertz CT molecular complexity index is 320. The summed E-state index contributed by atoms with van der Waals surface area (Å²) in [5.74, 6) is 0.472. The summed E-state index contributed by atoms with van der Waals surface area (Å²) in [5, 5.41) is 2.53. The van der Waals surface area contributed by atoms with Gasteiger partial charge in [0.05, 0.1) is 19.0 Å². The molecule has 1 N–H and O–H groups in total. The molecule has 0 spiro atoms. The second-order valence-electron chi connectivity index (χ2n) is 2.51. The van der Waals surface area contributed by atoms with Crippen molar-refractivity contribution in [2.45, 2.75) is 0 Å². The van der Waals surface area contributed by atoms with E-state index in [2.05, 4.69) is 31.2 Å². The van der Waals surface area contributed by atoms with Crippen molar-refractivity contribution in [3.63, 3.8) is 0 Å². The standard InChI is InChI=1S/C8H9BrClN3O2/c9-6-3-12-7(4-11-6)13-8(14)5-15-2-1-10/h3-4H,1-2,5H2,(H,12,13,14). The zero-order valence-electron chi connectivity index (χ0n) is 7.74. The Balaban J connectivity index is 2.34. The van der Waals surface area contributed by atoms with Crippen LogP contribution in [0.5, 0.6) is 0 Å². The first-order chi connectivity index (χ1) is 7.22. The quantitative estimate of drug-likeness (QED) is 0.659. The van der Waals surface area contributed by atoms with Crippen LogP contribution in [0.4, 0.5) is 5.82 Å². The number of amides is 1. The number of ether oxygens (including phenoxy) is 1. The van der Waals surface area contributed by atoms with Crippen LogP contribution in [0.25, 0.3) is 0 Å². The van der Waals surface area contributed by atoms with Gasteiger partial charge in [0, 0.05) is 5.88 Å². The SMILES string of the molecule is O=C(COCCCl)Nc1cnc(Br)cn1. The number of alkyl halides is 1. The van der Waals surface area contributed by atoms with Gasteiger partial charge < -0.3 is 10.1 Å². The second-order valence-corrected chi connectivity index (χ2v) is 3.70. The average Bonchev–Trinajstić information content (AvgIpc) is 2.22. The molecule has 0 fully saturated rings. The third-order valence-electron chi connectivity index (χ3n) is 1.34. The third-order valence-corrected chi connectivity index (χ3v) is 1.91. The first kappa shape index (κ1) is 12.4. The van der Waals surface area contributed by atoms with E-state index in [1.165, 1.54) is 12.4 Å². The highest BCUT2D eigenvalue weighted by Crippen LogP contribution is 2.05. The molecule has 0 aliphatic rings. The zero-order chi connectivity index (χ0) is 11.1. The largest absolute Gasteiger partial charge is 0.370 e. The summed E-state index contributed by atoms with van der Waals surface area (Å²) in [4.78, 5) is 19.0. The molecule has 0 atom stereocenters. The molecule has 1 aromatic heterocycles. The number of rotatable bonds is 5. The molecule has 5 nitrogen and oxygen atoms in total. The Labute approximate surface area is 100 Å². The summed E-state index contributed by atoms with van der Waals surface area (Å²) < 4.78 is 5.55. The van der Waals surface area contributed by atoms with Gasteiger partial charge in [-0.05, 0) is 15.9 Å². The van der Waals surface area contributed by atoms with Gasteiger partial charge in [-0.1, -0.05) is 0 Å². The van der Waals surface area contributed by atoms with Gasteiger partial charge in [-0.15, -0.1) is 11.6 Å². The van der Waals surface area contributed by atoms with Gasteiger partial charge in [-0.25, -0.2) is 9.97 Å². The Morgan fingerprint density at radius 2 is 2.33 bits per heavy atom. The Morgan fingerprint density at radius 3 is 2.93 bits per heavy atom. The fourth-order valence-corrected chi connectivity index (χ4v) is 1.09. The number of carbonyl (C=O) groups excluding carboxylic acids is 1. The summed E-state index contributed by atoms with van der Waals surface area (Å²) >= 11 is 8.52. The lowest BCUT2D eigenvalue weighted by Gasteiger charge is -2.03. The maximum Gasteiger partial charge on any atom is 0.251 e. The number of anilines is 1. The van der Waals surface area contributed by atoms with Crippen LogP contribution in [-0.2, 0) is 9.53 Å². The number of aromatic nitrogens is 2. The first-order valence-corrected chi connectivity index (χ1v) is 5.46. The molecule has 15 heavy (non-hydrogen) atoms. The lowest BCUT2D eigenvalue weighted by molar-refractivity contribution is -0.120. The summed E-state index contributed by atoms with van der Waals surface area (Å²) in [6.07, 6.45) is 2.94. The molecule has 0 radical (unpaired) electrons. The van der Waals surface area contributed by atoms with Crippen molar-refractivity contribution < 1.29 is 9.53 Å². The molecule has 0 aromatic carbocycles. The number of halogens is 2. The number of hydrogen-bond acceptors (Lipinski definition) is 4. The minimum atomic E-state index is -0.281. The minimum Gasteiger partial charge on any atom is -0.370 e. The number of nitrogens with one attached hydrogen (secondary N) is 1. The molecular weight excluding hydrogens is 285 g/mol. The van der Waals surface area contributed by atoms with E-state index in [1.807, 2.05) is 0 Å². The molecular formula is C8H9BrClN3O2. The minimum absolute atomic E-state index is 0.0372. The van der Waals surface area contributed by atoms with Crippen LogP contribution in [0, 0.1) is 0 Å². The summed E-state index contributed by atoms with van der Waals surface area (Å²) in [6.45, 7) is 0.311. The monoisotopic (exact) mass is 293 g/mol. The van der Waals surface area contributed by atoms with Crippen molar-refractivity contribution in [3.8, 4) is 0 Å². The van der Waals surface area contributed by atoms with Crippen LogP contribution in [0.1, 0.15) is 0 Å². The van der Waals surface area contributed by atoms with Crippen molar-refractivity contribution in [2.24, 2.45) is 0 Å². The van der Waals surface area contributed by atoms with Gasteiger partial charge in [-0.3, -0.25) is 4.79 Å². The van der Waals surface area contributed by atoms with Gasteiger partial charge in [0.15, 0.2) is 5.82 Å².